The molecule has 116 valence electrons. The van der Waals surface area contributed by atoms with Crippen molar-refractivity contribution >= 4 is 11.6 Å². The molecule has 1 N–H and O–H groups in total. The predicted molar refractivity (Wildman–Crippen MR) is 63.1 cm³/mol. The van der Waals surface area contributed by atoms with Crippen molar-refractivity contribution in [2.45, 2.75) is 31.9 Å². The molecule has 0 fully saturated rings. The molecule has 0 spiro atoms. The number of alkyl halides is 4. The fourth-order valence-corrected chi connectivity index (χ4v) is 2.03. The van der Waals surface area contributed by atoms with Gasteiger partial charge in [0, 0.05) is 19.7 Å². The molecule has 0 bridgehead atoms. The van der Waals surface area contributed by atoms with Crippen LogP contribution in [0.2, 0.25) is 0 Å². The minimum absolute atomic E-state index is 0.0170. The molecule has 10 heteroatoms. The van der Waals surface area contributed by atoms with Gasteiger partial charge in [0.2, 0.25) is 5.72 Å². The van der Waals surface area contributed by atoms with Crippen LogP contribution in [0.15, 0.2) is 11.3 Å². The summed E-state index contributed by atoms with van der Waals surface area (Å²) in [6.45, 7) is 1.45. The van der Waals surface area contributed by atoms with Gasteiger partial charge in [-0.1, -0.05) is 0 Å². The number of hydrogen-bond donors (Lipinski definition) is 1. The number of rotatable bonds is 3. The summed E-state index contributed by atoms with van der Waals surface area (Å²) in [6.07, 6.45) is -6.45. The summed E-state index contributed by atoms with van der Waals surface area (Å²) in [5.74, 6) is -1.11. The zero-order valence-corrected chi connectivity index (χ0v) is 11.1. The van der Waals surface area contributed by atoms with Crippen LogP contribution in [0.3, 0.4) is 0 Å². The average molecular weight is 308 g/mol. The number of aromatic nitrogens is 2. The maximum absolute atomic E-state index is 13.0. The van der Waals surface area contributed by atoms with E-state index in [2.05, 4.69) is 10.2 Å². The number of aryl methyl sites for hydroxylation is 2. The van der Waals surface area contributed by atoms with Crippen LogP contribution in [0.4, 0.5) is 17.6 Å². The summed E-state index contributed by atoms with van der Waals surface area (Å²) in [5.41, 5.74) is -3.94. The third-order valence-electron chi connectivity index (χ3n) is 3.07. The van der Waals surface area contributed by atoms with E-state index in [0.717, 1.165) is 0 Å². The Kier molecular flexibility index (Phi) is 3.74. The van der Waals surface area contributed by atoms with Crippen molar-refractivity contribution in [3.8, 4) is 0 Å². The lowest BCUT2D eigenvalue weighted by Crippen LogP contribution is -2.51. The standard InChI is InChI=1S/C11H12F4N4O2/c1-5-6(4-18(2)16-5)9(20)19-11(21,10(14)15)3-7(17-19)8(12)13/h4,8,10,21H,3H2,1-2H3. The highest BCUT2D eigenvalue weighted by atomic mass is 19.3. The van der Waals surface area contributed by atoms with Crippen molar-refractivity contribution in [2.24, 2.45) is 12.1 Å². The summed E-state index contributed by atoms with van der Waals surface area (Å²) in [6, 6.07) is 0. The van der Waals surface area contributed by atoms with E-state index in [1.165, 1.54) is 24.9 Å². The van der Waals surface area contributed by atoms with Gasteiger partial charge in [-0.15, -0.1) is 0 Å². The Labute approximate surface area is 116 Å². The highest BCUT2D eigenvalue weighted by Crippen LogP contribution is 2.34. The van der Waals surface area contributed by atoms with Gasteiger partial charge in [-0.25, -0.2) is 17.6 Å². The average Bonchev–Trinajstić information content (AvgIpc) is 2.90. The van der Waals surface area contributed by atoms with Crippen molar-refractivity contribution in [2.75, 3.05) is 0 Å². The second-order valence-corrected chi connectivity index (χ2v) is 4.67. The molecule has 2 heterocycles. The van der Waals surface area contributed by atoms with Crippen molar-refractivity contribution in [1.29, 1.82) is 0 Å². The topological polar surface area (TPSA) is 70.7 Å². The van der Waals surface area contributed by atoms with Crippen molar-refractivity contribution < 1.29 is 27.5 Å². The van der Waals surface area contributed by atoms with Crippen LogP contribution in [0.5, 0.6) is 0 Å². The van der Waals surface area contributed by atoms with Crippen molar-refractivity contribution in [3.63, 3.8) is 0 Å². The zero-order valence-electron chi connectivity index (χ0n) is 11.1. The third kappa shape index (κ3) is 2.50. The smallest absolute Gasteiger partial charge is 0.287 e. The number of carbonyl (C=O) groups excluding carboxylic acids is 1. The van der Waals surface area contributed by atoms with Gasteiger partial charge in [0.05, 0.1) is 11.3 Å². The lowest BCUT2D eigenvalue weighted by atomic mass is 10.1. The molecule has 2 rings (SSSR count). The summed E-state index contributed by atoms with van der Waals surface area (Å²) in [7, 11) is 1.50. The van der Waals surface area contributed by atoms with Gasteiger partial charge in [-0.3, -0.25) is 9.48 Å². The maximum atomic E-state index is 13.0. The van der Waals surface area contributed by atoms with E-state index in [4.69, 9.17) is 0 Å². The second-order valence-electron chi connectivity index (χ2n) is 4.67. The zero-order chi connectivity index (χ0) is 15.9. The predicted octanol–water partition coefficient (Wildman–Crippen LogP) is 1.15. The molecular formula is C11H12F4N4O2. The van der Waals surface area contributed by atoms with E-state index in [-0.39, 0.29) is 16.3 Å². The Morgan fingerprint density at radius 3 is 2.48 bits per heavy atom. The van der Waals surface area contributed by atoms with Gasteiger partial charge in [-0.05, 0) is 6.92 Å². The number of nitrogens with zero attached hydrogens (tertiary/aromatic N) is 4. The van der Waals surface area contributed by atoms with Crippen LogP contribution >= 0.6 is 0 Å². The van der Waals surface area contributed by atoms with Crippen LogP contribution in [-0.2, 0) is 7.05 Å². The van der Waals surface area contributed by atoms with E-state index >= 15 is 0 Å². The van der Waals surface area contributed by atoms with Gasteiger partial charge in [0.15, 0.2) is 0 Å². The first kappa shape index (κ1) is 15.4. The summed E-state index contributed by atoms with van der Waals surface area (Å²) in [5, 5.41) is 16.9. The molecule has 21 heavy (non-hydrogen) atoms. The molecule has 1 atom stereocenters. The molecule has 1 amide bonds. The third-order valence-corrected chi connectivity index (χ3v) is 3.07. The fraction of sp³-hybridized carbons (Fsp3) is 0.545. The number of aliphatic hydroxyl groups is 1. The highest BCUT2D eigenvalue weighted by molar-refractivity contribution is 5.99. The molecule has 6 nitrogen and oxygen atoms in total. The Hall–Kier alpha value is -1.97. The minimum Gasteiger partial charge on any atom is -0.364 e. The maximum Gasteiger partial charge on any atom is 0.287 e. The highest BCUT2D eigenvalue weighted by Gasteiger charge is 2.53. The lowest BCUT2D eigenvalue weighted by molar-refractivity contribution is -0.164. The Balaban J connectivity index is 2.43. The molecule has 0 aliphatic carbocycles. The first-order chi connectivity index (χ1) is 9.66. The van der Waals surface area contributed by atoms with Gasteiger partial charge in [0.25, 0.3) is 18.8 Å². The second kappa shape index (κ2) is 5.10. The molecule has 1 aliphatic heterocycles. The SMILES string of the molecule is Cc1nn(C)cc1C(=O)N1N=C(C(F)F)CC1(O)C(F)F. The van der Waals surface area contributed by atoms with E-state index < -0.39 is 36.6 Å². The number of halogens is 4. The molecule has 0 saturated carbocycles. The van der Waals surface area contributed by atoms with Gasteiger partial charge < -0.3 is 5.11 Å². The Morgan fingerprint density at radius 2 is 2.05 bits per heavy atom. The van der Waals surface area contributed by atoms with E-state index in [1.807, 2.05) is 0 Å². The molecule has 0 radical (unpaired) electrons. The molecular weight excluding hydrogens is 296 g/mol. The molecule has 1 unspecified atom stereocenters. The minimum atomic E-state index is -3.45. The molecule has 1 aromatic heterocycles. The summed E-state index contributed by atoms with van der Waals surface area (Å²) < 4.78 is 52.5. The van der Waals surface area contributed by atoms with Gasteiger partial charge >= 0.3 is 0 Å². The van der Waals surface area contributed by atoms with E-state index in [1.54, 1.807) is 0 Å². The normalized spacial score (nSPS) is 22.3. The van der Waals surface area contributed by atoms with Crippen LogP contribution in [-0.4, -0.2) is 50.1 Å². The molecule has 1 aromatic rings. The van der Waals surface area contributed by atoms with Crippen molar-refractivity contribution in [3.05, 3.63) is 17.5 Å². The summed E-state index contributed by atoms with van der Waals surface area (Å²) in [4.78, 5) is 12.2. The molecule has 0 saturated heterocycles. The fourth-order valence-electron chi connectivity index (χ4n) is 2.03. The van der Waals surface area contributed by atoms with Crippen LogP contribution in [0.1, 0.15) is 22.5 Å². The number of hydrogen-bond acceptors (Lipinski definition) is 4. The van der Waals surface area contributed by atoms with Gasteiger partial charge in [-0.2, -0.15) is 15.2 Å². The van der Waals surface area contributed by atoms with E-state index in [9.17, 15) is 27.5 Å². The quantitative estimate of drug-likeness (QED) is 0.852. The number of hydrazone groups is 1. The number of carbonyl (C=O) groups is 1. The first-order valence-corrected chi connectivity index (χ1v) is 5.87. The van der Waals surface area contributed by atoms with E-state index in [0.29, 0.717) is 0 Å². The monoisotopic (exact) mass is 308 g/mol. The van der Waals surface area contributed by atoms with Crippen molar-refractivity contribution in [1.82, 2.24) is 14.8 Å². The molecule has 0 aromatic carbocycles. The lowest BCUT2D eigenvalue weighted by Gasteiger charge is -2.29. The van der Waals surface area contributed by atoms with Crippen LogP contribution < -0.4 is 0 Å². The summed E-state index contributed by atoms with van der Waals surface area (Å²) >= 11 is 0. The largest absolute Gasteiger partial charge is 0.364 e. The van der Waals surface area contributed by atoms with Crippen LogP contribution in [0, 0.1) is 6.92 Å². The Bertz CT molecular complexity index is 601. The molecule has 1 aliphatic rings. The van der Waals surface area contributed by atoms with Gasteiger partial charge in [0.1, 0.15) is 5.71 Å². The number of amides is 1. The van der Waals surface area contributed by atoms with Crippen LogP contribution in [0.25, 0.3) is 0 Å². The Morgan fingerprint density at radius 1 is 1.43 bits per heavy atom. The first-order valence-electron chi connectivity index (χ1n) is 5.87.